The molecule has 0 spiro atoms. The minimum absolute atomic E-state index is 0.444. The van der Waals surface area contributed by atoms with E-state index in [-0.39, 0.29) is 0 Å². The van der Waals surface area contributed by atoms with Crippen LogP contribution in [-0.2, 0) is 6.54 Å². The monoisotopic (exact) mass is 401 g/mol. The molecule has 1 aromatic rings. The number of likely N-dealkylation sites (tertiary alicyclic amines) is 1. The SMILES string of the molecule is CCCC1CC(CN(C)Cc2cnc(NC3CC(CC)CN(C(C)C)C3)nc2)C1. The van der Waals surface area contributed by atoms with Gasteiger partial charge in [0.15, 0.2) is 0 Å². The van der Waals surface area contributed by atoms with E-state index in [0.717, 1.165) is 36.8 Å². The molecule has 2 aliphatic rings. The molecule has 1 aliphatic carbocycles. The van der Waals surface area contributed by atoms with E-state index >= 15 is 0 Å². The molecule has 2 heterocycles. The van der Waals surface area contributed by atoms with E-state index in [0.29, 0.717) is 12.1 Å². The Balaban J connectivity index is 1.45. The van der Waals surface area contributed by atoms with Gasteiger partial charge in [-0.2, -0.15) is 0 Å². The summed E-state index contributed by atoms with van der Waals surface area (Å²) in [6.07, 6.45) is 12.1. The van der Waals surface area contributed by atoms with Crippen LogP contribution < -0.4 is 5.32 Å². The molecule has 0 amide bonds. The topological polar surface area (TPSA) is 44.3 Å². The zero-order valence-electron chi connectivity index (χ0n) is 19.4. The highest BCUT2D eigenvalue weighted by molar-refractivity contribution is 5.27. The van der Waals surface area contributed by atoms with Crippen LogP contribution in [-0.4, -0.2) is 58.5 Å². The van der Waals surface area contributed by atoms with Crippen LogP contribution in [0, 0.1) is 17.8 Å². The molecule has 2 unspecified atom stereocenters. The van der Waals surface area contributed by atoms with Gasteiger partial charge in [-0.1, -0.05) is 33.1 Å². The maximum absolute atomic E-state index is 4.63. The number of anilines is 1. The first-order valence-corrected chi connectivity index (χ1v) is 12.0. The summed E-state index contributed by atoms with van der Waals surface area (Å²) in [6.45, 7) is 13.6. The van der Waals surface area contributed by atoms with E-state index in [4.69, 9.17) is 0 Å². The third-order valence-corrected chi connectivity index (χ3v) is 6.96. The lowest BCUT2D eigenvalue weighted by molar-refractivity contribution is 0.128. The molecule has 1 saturated heterocycles. The van der Waals surface area contributed by atoms with E-state index in [1.54, 1.807) is 0 Å². The van der Waals surface area contributed by atoms with Gasteiger partial charge in [-0.25, -0.2) is 9.97 Å². The Labute approximate surface area is 178 Å². The quantitative estimate of drug-likeness (QED) is 0.618. The smallest absolute Gasteiger partial charge is 0.222 e. The summed E-state index contributed by atoms with van der Waals surface area (Å²) in [6, 6.07) is 1.04. The van der Waals surface area contributed by atoms with Gasteiger partial charge in [0.05, 0.1) is 0 Å². The van der Waals surface area contributed by atoms with E-state index in [2.05, 4.69) is 59.8 Å². The number of piperidine rings is 1. The average Bonchev–Trinajstić information content (AvgIpc) is 2.67. The van der Waals surface area contributed by atoms with E-state index in [1.165, 1.54) is 57.2 Å². The third-order valence-electron chi connectivity index (χ3n) is 6.96. The number of hydrogen-bond donors (Lipinski definition) is 1. The number of rotatable bonds is 10. The van der Waals surface area contributed by atoms with Crippen molar-refractivity contribution in [2.24, 2.45) is 17.8 Å². The van der Waals surface area contributed by atoms with Crippen molar-refractivity contribution in [2.45, 2.75) is 84.8 Å². The minimum Gasteiger partial charge on any atom is -0.350 e. The Kier molecular flexibility index (Phi) is 8.31. The fraction of sp³-hybridized carbons (Fsp3) is 0.833. The first kappa shape index (κ1) is 22.5. The Morgan fingerprint density at radius 3 is 2.41 bits per heavy atom. The molecule has 29 heavy (non-hydrogen) atoms. The first-order valence-electron chi connectivity index (χ1n) is 12.0. The molecular formula is C24H43N5. The summed E-state index contributed by atoms with van der Waals surface area (Å²) in [5, 5.41) is 3.60. The molecule has 0 aromatic carbocycles. The molecular weight excluding hydrogens is 358 g/mol. The van der Waals surface area contributed by atoms with Crippen LogP contribution in [0.2, 0.25) is 0 Å². The molecule has 0 bridgehead atoms. The molecule has 3 rings (SSSR count). The second kappa shape index (κ2) is 10.7. The van der Waals surface area contributed by atoms with Crippen molar-refractivity contribution in [1.29, 1.82) is 0 Å². The normalized spacial score (nSPS) is 28.0. The second-order valence-corrected chi connectivity index (χ2v) is 10.0. The molecule has 1 aliphatic heterocycles. The summed E-state index contributed by atoms with van der Waals surface area (Å²) in [5.41, 5.74) is 1.21. The van der Waals surface area contributed by atoms with E-state index in [1.807, 2.05) is 12.4 Å². The van der Waals surface area contributed by atoms with Crippen molar-refractivity contribution < 1.29 is 0 Å². The molecule has 2 atom stereocenters. The van der Waals surface area contributed by atoms with Crippen LogP contribution in [0.4, 0.5) is 5.95 Å². The van der Waals surface area contributed by atoms with E-state index < -0.39 is 0 Å². The van der Waals surface area contributed by atoms with Crippen LogP contribution in [0.5, 0.6) is 0 Å². The molecule has 1 aromatic heterocycles. The molecule has 0 radical (unpaired) electrons. The molecule has 1 N–H and O–H groups in total. The maximum atomic E-state index is 4.63. The average molecular weight is 402 g/mol. The zero-order chi connectivity index (χ0) is 20.8. The largest absolute Gasteiger partial charge is 0.350 e. The predicted octanol–water partition coefficient (Wildman–Crippen LogP) is 4.66. The van der Waals surface area contributed by atoms with Crippen LogP contribution in [0.3, 0.4) is 0 Å². The van der Waals surface area contributed by atoms with Gasteiger partial charge in [-0.05, 0) is 57.9 Å². The molecule has 5 heteroatoms. The van der Waals surface area contributed by atoms with Gasteiger partial charge >= 0.3 is 0 Å². The lowest BCUT2D eigenvalue weighted by Gasteiger charge is -2.40. The van der Waals surface area contributed by atoms with Crippen molar-refractivity contribution in [3.63, 3.8) is 0 Å². The van der Waals surface area contributed by atoms with Crippen LogP contribution in [0.15, 0.2) is 12.4 Å². The fourth-order valence-electron chi connectivity index (χ4n) is 5.24. The van der Waals surface area contributed by atoms with Gasteiger partial charge < -0.3 is 10.2 Å². The number of hydrogen-bond acceptors (Lipinski definition) is 5. The van der Waals surface area contributed by atoms with Crippen molar-refractivity contribution in [3.05, 3.63) is 18.0 Å². The molecule has 5 nitrogen and oxygen atoms in total. The third kappa shape index (κ3) is 6.65. The lowest BCUT2D eigenvalue weighted by atomic mass is 9.72. The number of aromatic nitrogens is 2. The first-order chi connectivity index (χ1) is 14.0. The Bertz CT molecular complexity index is 596. The summed E-state index contributed by atoms with van der Waals surface area (Å²) in [4.78, 5) is 14.3. The van der Waals surface area contributed by atoms with Gasteiger partial charge in [-0.3, -0.25) is 4.90 Å². The van der Waals surface area contributed by atoms with Crippen molar-refractivity contribution >= 4 is 5.95 Å². The summed E-state index contributed by atoms with van der Waals surface area (Å²) in [7, 11) is 2.23. The van der Waals surface area contributed by atoms with Crippen LogP contribution >= 0.6 is 0 Å². The number of nitrogens with one attached hydrogen (secondary N) is 1. The maximum Gasteiger partial charge on any atom is 0.222 e. The molecule has 2 fully saturated rings. The number of nitrogens with zero attached hydrogens (tertiary/aromatic N) is 4. The van der Waals surface area contributed by atoms with E-state index in [9.17, 15) is 0 Å². The van der Waals surface area contributed by atoms with Gasteiger partial charge in [0.25, 0.3) is 0 Å². The standard InChI is InChI=1S/C24H43N5/c1-6-8-20-9-21(10-20)14-28(5)15-22-12-25-24(26-13-22)27-23-11-19(7-2)16-29(17-23)18(3)4/h12-13,18-21,23H,6-11,14-17H2,1-5H3,(H,25,26,27). The predicted molar refractivity (Wildman–Crippen MR) is 122 cm³/mol. The highest BCUT2D eigenvalue weighted by atomic mass is 15.2. The summed E-state index contributed by atoms with van der Waals surface area (Å²) >= 11 is 0. The second-order valence-electron chi connectivity index (χ2n) is 10.0. The lowest BCUT2D eigenvalue weighted by Crippen LogP contribution is -2.49. The summed E-state index contributed by atoms with van der Waals surface area (Å²) < 4.78 is 0. The summed E-state index contributed by atoms with van der Waals surface area (Å²) in [5.74, 6) is 3.43. The molecule has 164 valence electrons. The highest BCUT2D eigenvalue weighted by Gasteiger charge is 2.29. The van der Waals surface area contributed by atoms with Crippen LogP contribution in [0.1, 0.15) is 71.8 Å². The minimum atomic E-state index is 0.444. The van der Waals surface area contributed by atoms with Gasteiger partial charge in [0, 0.05) is 56.2 Å². The van der Waals surface area contributed by atoms with Crippen molar-refractivity contribution in [1.82, 2.24) is 19.8 Å². The fourth-order valence-corrected chi connectivity index (χ4v) is 5.24. The van der Waals surface area contributed by atoms with Crippen molar-refractivity contribution in [3.8, 4) is 0 Å². The van der Waals surface area contributed by atoms with Crippen molar-refractivity contribution in [2.75, 3.05) is 32.0 Å². The van der Waals surface area contributed by atoms with Gasteiger partial charge in [0.2, 0.25) is 5.95 Å². The highest BCUT2D eigenvalue weighted by Crippen LogP contribution is 2.37. The van der Waals surface area contributed by atoms with Gasteiger partial charge in [0.1, 0.15) is 0 Å². The Morgan fingerprint density at radius 2 is 1.79 bits per heavy atom. The Morgan fingerprint density at radius 1 is 1.07 bits per heavy atom. The van der Waals surface area contributed by atoms with Gasteiger partial charge in [-0.15, -0.1) is 0 Å². The molecule has 1 saturated carbocycles. The Hall–Kier alpha value is -1.20. The zero-order valence-corrected chi connectivity index (χ0v) is 19.4. The van der Waals surface area contributed by atoms with Crippen LogP contribution in [0.25, 0.3) is 0 Å².